The van der Waals surface area contributed by atoms with Gasteiger partial charge in [0, 0.05) is 53.9 Å². The van der Waals surface area contributed by atoms with Crippen LogP contribution in [0.4, 0.5) is 0 Å². The van der Waals surface area contributed by atoms with Gasteiger partial charge >= 0.3 is 140 Å². The van der Waals surface area contributed by atoms with Gasteiger partial charge in [0.2, 0.25) is 0 Å². The molecule has 0 spiro atoms. The third-order valence-electron chi connectivity index (χ3n) is 19.0. The maximum Gasteiger partial charge on any atom is 1.00 e. The summed E-state index contributed by atoms with van der Waals surface area (Å²) < 4.78 is 0. The summed E-state index contributed by atoms with van der Waals surface area (Å²) in [5.41, 5.74) is 21.8. The number of terminal acetylenes is 1. The first-order chi connectivity index (χ1) is 45.1. The average Bonchev–Trinajstić information content (AvgIpc) is 0.690. The number of benzene rings is 6. The fourth-order valence-electron chi connectivity index (χ4n) is 12.4. The summed E-state index contributed by atoms with van der Waals surface area (Å²) in [4.78, 5) is 48.0. The molecule has 0 aliphatic carbocycles. The molecule has 0 fully saturated rings. The second-order valence-corrected chi connectivity index (χ2v) is 65.3. The first kappa shape index (κ1) is 108. The summed E-state index contributed by atoms with van der Waals surface area (Å²) in [6.45, 7) is 60.1. The van der Waals surface area contributed by atoms with Crippen LogP contribution in [-0.4, -0.2) is 62.8 Å². The molecule has 0 N–H and O–H groups in total. The summed E-state index contributed by atoms with van der Waals surface area (Å²) >= 11 is 18.9. The normalized spacial score (nSPS) is 11.6. The molecule has 6 aromatic carbocycles. The van der Waals surface area contributed by atoms with E-state index in [0.29, 0.717) is 43.7 Å². The zero-order chi connectivity index (χ0) is 74.8. The fraction of sp³-hybridized carbons (Fsp3) is 0.556. The van der Waals surface area contributed by atoms with Gasteiger partial charge in [-0.25, -0.2) is 9.97 Å². The molecule has 0 aliphatic rings. The van der Waals surface area contributed by atoms with E-state index in [2.05, 4.69) is 212 Å². The van der Waals surface area contributed by atoms with Gasteiger partial charge < -0.3 is 30.5 Å². The minimum atomic E-state index is -1.91. The van der Waals surface area contributed by atoms with E-state index in [9.17, 15) is 9.59 Å². The number of hydrogen-bond donors (Lipinski definition) is 0. The Morgan fingerprint density at radius 1 is 0.505 bits per heavy atom. The molecule has 7 nitrogen and oxygen atoms in total. The van der Waals surface area contributed by atoms with E-state index in [1.54, 1.807) is 0 Å². The summed E-state index contributed by atoms with van der Waals surface area (Å²) in [5.74, 6) is 0. The van der Waals surface area contributed by atoms with Crippen molar-refractivity contribution in [3.8, 4) is 28.6 Å². The zero-order valence-electron chi connectivity index (χ0n) is 69.8. The Hall–Kier alpha value is 0.309. The number of fused-ring (bicyclic) bond motifs is 4. The second-order valence-electron chi connectivity index (χ2n) is 30.7. The molecule has 0 bridgehead atoms. The number of hydrogen-bond acceptors (Lipinski definition) is 7. The predicted molar refractivity (Wildman–Crippen MR) is 450 cm³/mol. The third kappa shape index (κ3) is 30.5. The molecule has 8 aromatic rings. The van der Waals surface area contributed by atoms with E-state index < -0.39 is 46.4 Å². The molecule has 0 aliphatic heterocycles. The van der Waals surface area contributed by atoms with Crippen molar-refractivity contribution in [3.05, 3.63) is 107 Å². The van der Waals surface area contributed by atoms with Crippen LogP contribution in [0.5, 0.6) is 0 Å². The van der Waals surface area contributed by atoms with E-state index in [0.717, 1.165) is 83.0 Å². The van der Waals surface area contributed by atoms with Crippen LogP contribution in [0, 0.1) is 41.9 Å². The minimum absolute atomic E-state index is 0. The Balaban J connectivity index is -0.000000389. The van der Waals surface area contributed by atoms with Gasteiger partial charge in [0.1, 0.15) is 24.2 Å². The summed E-state index contributed by atoms with van der Waals surface area (Å²) in [7, 11) is -6.72. The Morgan fingerprint density at radius 2 is 0.812 bits per heavy atom. The average molecular weight is 1570 g/mol. The number of halogens is 3. The first-order valence-electron chi connectivity index (χ1n) is 36.0. The molecular formula is C81H125Cl3K2Li2N2O5Si6. The van der Waals surface area contributed by atoms with Crippen molar-refractivity contribution in [2.45, 2.75) is 292 Å². The summed E-state index contributed by atoms with van der Waals surface area (Å²) in [5, 5.41) is 16.2. The van der Waals surface area contributed by atoms with Crippen LogP contribution in [0.2, 0.25) is 102 Å². The van der Waals surface area contributed by atoms with Gasteiger partial charge in [-0.05, 0) is 86.7 Å². The smallest absolute Gasteiger partial charge is 1.00 e. The molecule has 0 saturated heterocycles. The van der Waals surface area contributed by atoms with Gasteiger partial charge in [0.15, 0.2) is 18.2 Å². The van der Waals surface area contributed by atoms with Crippen molar-refractivity contribution < 1.29 is 157 Å². The van der Waals surface area contributed by atoms with Gasteiger partial charge in [-0.15, -0.1) is 45.2 Å². The molecule has 8 rings (SSSR count). The van der Waals surface area contributed by atoms with Crippen LogP contribution in [0.15, 0.2) is 82.4 Å². The van der Waals surface area contributed by atoms with Crippen LogP contribution in [-0.2, 0) is 9.68 Å². The summed E-state index contributed by atoms with van der Waals surface area (Å²) in [6, 6.07) is 26.8. The number of nitrogens with zero attached hydrogens (tertiary/aromatic N) is 2. The number of aromatic nitrogens is 2. The topological polar surface area (TPSA) is 109 Å². The molecule has 0 saturated carbocycles. The third-order valence-corrected chi connectivity index (χ3v) is 49.1. The standard InChI is InChI=1S/C28H12N2O2.C15H32Si2.C12H24Si.C10H23ClSi.C6H14Cl2Si.C5H9Si.C4H9.CH2O3.2K.2Li.H/c31-27-15-7-3-1-5-13(15)25-21-17(27)9-12-20-23(21)24-19(29-25)11-10-18-22(24)26(30-20)14-6-2-4-8-16(14)28(18)32;1-9-10-11-17(14(2)3,15(4)5)13-12-16(6,7)8;1-7-9-10-13(8-2,11(3)4)12(5)6;1-6-7-8-12(11,9(2)3)10(4)5;1-5(2)9(7,8)6(3)4;1-5-6(2,3)4;1-3-4-2;2-1-4-3;;;;;/h1-12H;14-15H,9-11H2,1-8H3;2,11-12H,7,9-10H2,1,3-6H3;9-10H,6-8H2,1-5H3;5-6H,1-4H3;2-4H3;1,3-4H2,2H3;1,3H;;;;;/q;;;;;2*-1;;4*+1;-1/p-1. The Kier molecular flexibility index (Phi) is 54.3. The maximum atomic E-state index is 13.3. The molecule has 0 unspecified atom stereocenters. The number of rotatable bonds is 19. The minimum Gasteiger partial charge on any atom is -1.00 e. The number of carbonyl (C=O) groups is 1. The fourth-order valence-corrected chi connectivity index (χ4v) is 28.3. The van der Waals surface area contributed by atoms with Crippen LogP contribution >= 0.6 is 33.2 Å². The van der Waals surface area contributed by atoms with E-state index in [1.807, 2.05) is 72.8 Å². The van der Waals surface area contributed by atoms with Crippen LogP contribution in [0.1, 0.15) is 191 Å². The van der Waals surface area contributed by atoms with Crippen molar-refractivity contribution in [3.63, 3.8) is 0 Å². The second kappa shape index (κ2) is 51.0. The molecule has 0 radical (unpaired) electrons. The van der Waals surface area contributed by atoms with Crippen LogP contribution in [0.25, 0.3) is 75.9 Å². The molecule has 2 heterocycles. The largest absolute Gasteiger partial charge is 1.00 e. The molecule has 538 valence electrons. The van der Waals surface area contributed by atoms with Crippen LogP contribution < -0.4 is 157 Å². The van der Waals surface area contributed by atoms with Gasteiger partial charge in [-0.1, -0.05) is 271 Å². The van der Waals surface area contributed by atoms with E-state index >= 15 is 0 Å². The van der Waals surface area contributed by atoms with Crippen molar-refractivity contribution in [2.75, 3.05) is 0 Å². The zero-order valence-corrected chi connectivity index (χ0v) is 83.3. The van der Waals surface area contributed by atoms with Crippen molar-refractivity contribution in [1.29, 1.82) is 0 Å². The molecule has 0 amide bonds. The number of carbonyl (C=O) groups excluding carboxylic acids is 1. The predicted octanol–water partition coefficient (Wildman–Crippen LogP) is 13.4. The monoisotopic (exact) mass is 1570 g/mol. The Morgan fingerprint density at radius 3 is 1.05 bits per heavy atom. The van der Waals surface area contributed by atoms with E-state index in [-0.39, 0.29) is 159 Å². The van der Waals surface area contributed by atoms with Gasteiger partial charge in [0.05, 0.1) is 30.1 Å². The van der Waals surface area contributed by atoms with Gasteiger partial charge in [0.25, 0.3) is 13.2 Å². The molecule has 2 aromatic heterocycles. The molecule has 101 heavy (non-hydrogen) atoms. The number of pyridine rings is 2. The summed E-state index contributed by atoms with van der Waals surface area (Å²) in [6.07, 6.45) is 22.6. The van der Waals surface area contributed by atoms with Gasteiger partial charge in [-0.2, -0.15) is 17.5 Å². The number of unbranched alkanes of at least 4 members (excludes halogenated alkanes) is 4. The van der Waals surface area contributed by atoms with E-state index in [4.69, 9.17) is 66.1 Å². The van der Waals surface area contributed by atoms with Crippen LogP contribution in [0.3, 0.4) is 0 Å². The van der Waals surface area contributed by atoms with E-state index in [1.165, 1.54) is 63.1 Å². The molecular weight excluding hydrogens is 1450 g/mol. The van der Waals surface area contributed by atoms with Crippen molar-refractivity contribution in [2.24, 2.45) is 0 Å². The Bertz CT molecular complexity index is 3770. The Labute approximate surface area is 745 Å². The van der Waals surface area contributed by atoms with Crippen molar-refractivity contribution >= 4 is 162 Å². The van der Waals surface area contributed by atoms with Crippen molar-refractivity contribution in [1.82, 2.24) is 9.97 Å². The SMILES string of the molecule is C#C[Si](CCCC)(C(C)C)C(C)C.CC(C)[Si](Cl)(Cl)C(C)C.CCCC[Si](C#C[Si](C)(C)C)(C(C)C)C(C)C.CCCC[Si](Cl)(C(C)C)C(C)C.O=CO[O-].O=c1c2ccccc2c2nc3ccc4c(=O)c5ccccc5c5nc6ccc1c2c6c3c45.[C-]#C[Si](C)(C)C.[CH2-]CCC.[H-].[K+].[K+].[Li+].[Li+]. The molecule has 20 heteroatoms. The van der Waals surface area contributed by atoms with Gasteiger partial charge in [-0.3, -0.25) is 14.4 Å². The maximum absolute atomic E-state index is 13.3. The quantitative estimate of drug-likeness (QED) is 0.00913. The molecule has 0 atom stereocenters. The first-order valence-corrected chi connectivity index (χ1v) is 55.2.